The molecule has 2 N–H and O–H groups in total. The number of halogens is 1. The third-order valence-corrected chi connectivity index (χ3v) is 5.62. The number of nitrogens with zero attached hydrogens (tertiary/aromatic N) is 1. The minimum absolute atomic E-state index is 0.287. The van der Waals surface area contributed by atoms with Crippen molar-refractivity contribution < 1.29 is 19.0 Å². The van der Waals surface area contributed by atoms with Gasteiger partial charge in [0.05, 0.1) is 18.2 Å². The van der Waals surface area contributed by atoms with E-state index >= 15 is 0 Å². The maximum atomic E-state index is 13.2. The van der Waals surface area contributed by atoms with Crippen molar-refractivity contribution >= 4 is 11.7 Å². The molecule has 0 saturated heterocycles. The van der Waals surface area contributed by atoms with Gasteiger partial charge >= 0.3 is 5.97 Å². The van der Waals surface area contributed by atoms with Crippen molar-refractivity contribution in [3.8, 4) is 11.8 Å². The molecule has 176 valence electrons. The maximum absolute atomic E-state index is 13.2. The van der Waals surface area contributed by atoms with Crippen molar-refractivity contribution in [2.75, 3.05) is 11.9 Å². The molecule has 1 atom stereocenters. The number of rotatable bonds is 11. The summed E-state index contributed by atoms with van der Waals surface area (Å²) >= 11 is 0. The molecule has 1 unspecified atom stereocenters. The van der Waals surface area contributed by atoms with E-state index in [1.54, 1.807) is 36.4 Å². The van der Waals surface area contributed by atoms with Crippen LogP contribution in [0, 0.1) is 17.1 Å². The van der Waals surface area contributed by atoms with E-state index < -0.39 is 12.0 Å². The second kappa shape index (κ2) is 11.9. The molecular weight excluding hydrogens is 431 g/mol. The Bertz CT molecular complexity index is 1150. The highest BCUT2D eigenvalue weighted by molar-refractivity contribution is 5.81. The summed E-state index contributed by atoms with van der Waals surface area (Å²) in [6, 6.07) is 18.0. The van der Waals surface area contributed by atoms with Gasteiger partial charge in [0.25, 0.3) is 0 Å². The average Bonchev–Trinajstić information content (AvgIpc) is 2.84. The monoisotopic (exact) mass is 460 g/mol. The number of hydrogen-bond acceptors (Lipinski definition) is 4. The van der Waals surface area contributed by atoms with Gasteiger partial charge in [0.15, 0.2) is 6.04 Å². The lowest BCUT2D eigenvalue weighted by molar-refractivity contribution is -0.138. The van der Waals surface area contributed by atoms with Crippen LogP contribution in [0.4, 0.5) is 10.1 Å². The molecule has 0 fully saturated rings. The van der Waals surface area contributed by atoms with E-state index in [0.717, 1.165) is 36.0 Å². The van der Waals surface area contributed by atoms with Crippen LogP contribution >= 0.6 is 0 Å². The van der Waals surface area contributed by atoms with Crippen LogP contribution in [0.25, 0.3) is 0 Å². The summed E-state index contributed by atoms with van der Waals surface area (Å²) in [5, 5.41) is 22.2. The van der Waals surface area contributed by atoms with E-state index in [2.05, 4.69) is 24.4 Å². The first kappa shape index (κ1) is 24.8. The number of carbonyl (C=O) groups is 1. The van der Waals surface area contributed by atoms with E-state index in [4.69, 9.17) is 10.00 Å². The van der Waals surface area contributed by atoms with Gasteiger partial charge in [-0.3, -0.25) is 0 Å². The summed E-state index contributed by atoms with van der Waals surface area (Å²) < 4.78 is 19.4. The lowest BCUT2D eigenvalue weighted by Crippen LogP contribution is -2.22. The van der Waals surface area contributed by atoms with Crippen molar-refractivity contribution in [1.29, 1.82) is 5.26 Å². The smallest absolute Gasteiger partial charge is 0.330 e. The summed E-state index contributed by atoms with van der Waals surface area (Å²) in [6.45, 7) is 4.45. The Hall–Kier alpha value is -3.85. The molecule has 0 aliphatic rings. The lowest BCUT2D eigenvalue weighted by atomic mass is 9.95. The molecule has 3 aromatic rings. The first-order chi connectivity index (χ1) is 16.4. The first-order valence-electron chi connectivity index (χ1n) is 11.5. The van der Waals surface area contributed by atoms with E-state index in [-0.39, 0.29) is 5.82 Å². The molecule has 34 heavy (non-hydrogen) atoms. The number of nitriles is 1. The number of aliphatic carboxylic acids is 1. The third kappa shape index (κ3) is 6.35. The summed E-state index contributed by atoms with van der Waals surface area (Å²) in [5.74, 6) is -0.733. The van der Waals surface area contributed by atoms with Gasteiger partial charge in [0.2, 0.25) is 0 Å². The van der Waals surface area contributed by atoms with Gasteiger partial charge in [-0.25, -0.2) is 9.18 Å². The van der Waals surface area contributed by atoms with Gasteiger partial charge in [-0.1, -0.05) is 38.5 Å². The Kier molecular flexibility index (Phi) is 8.64. The topological polar surface area (TPSA) is 82.4 Å². The fourth-order valence-corrected chi connectivity index (χ4v) is 3.83. The maximum Gasteiger partial charge on any atom is 0.330 e. The molecule has 0 amide bonds. The third-order valence-electron chi connectivity index (χ3n) is 5.62. The Morgan fingerprint density at radius 2 is 1.76 bits per heavy atom. The SMILES string of the molecule is CCCc1cc(CC)cc(C(Nc2ccc(C#N)cc2)C(=O)O)c1OCCc1ccc(F)cc1. The van der Waals surface area contributed by atoms with Gasteiger partial charge in [0.1, 0.15) is 11.6 Å². The Balaban J connectivity index is 1.95. The second-order valence-corrected chi connectivity index (χ2v) is 8.11. The van der Waals surface area contributed by atoms with E-state index in [1.165, 1.54) is 12.1 Å². The van der Waals surface area contributed by atoms with Crippen molar-refractivity contribution in [3.05, 3.63) is 94.3 Å². The predicted molar refractivity (Wildman–Crippen MR) is 131 cm³/mol. The van der Waals surface area contributed by atoms with Gasteiger partial charge in [-0.15, -0.1) is 0 Å². The van der Waals surface area contributed by atoms with Gasteiger partial charge in [-0.2, -0.15) is 5.26 Å². The van der Waals surface area contributed by atoms with Gasteiger partial charge in [-0.05, 0) is 72.0 Å². The highest BCUT2D eigenvalue weighted by atomic mass is 19.1. The van der Waals surface area contributed by atoms with Crippen LogP contribution in [0.5, 0.6) is 5.75 Å². The van der Waals surface area contributed by atoms with E-state index in [9.17, 15) is 14.3 Å². The van der Waals surface area contributed by atoms with Crippen molar-refractivity contribution in [2.45, 2.75) is 45.6 Å². The number of hydrogen-bond donors (Lipinski definition) is 2. The summed E-state index contributed by atoms with van der Waals surface area (Å²) in [7, 11) is 0. The molecule has 0 saturated carbocycles. The van der Waals surface area contributed by atoms with Crippen LogP contribution < -0.4 is 10.1 Å². The van der Waals surface area contributed by atoms with Crippen LogP contribution in [0.1, 0.15) is 54.1 Å². The first-order valence-corrected chi connectivity index (χ1v) is 11.5. The van der Waals surface area contributed by atoms with Crippen LogP contribution in [-0.2, 0) is 24.1 Å². The molecule has 3 rings (SSSR count). The Morgan fingerprint density at radius 1 is 1.06 bits per heavy atom. The van der Waals surface area contributed by atoms with Crippen LogP contribution in [0.3, 0.4) is 0 Å². The minimum Gasteiger partial charge on any atom is -0.493 e. The number of benzene rings is 3. The van der Waals surface area contributed by atoms with Crippen LogP contribution in [-0.4, -0.2) is 17.7 Å². The standard InChI is InChI=1S/C28H29FN2O3/c1-3-5-22-16-19(4-2)17-25(27(22)34-15-14-20-6-10-23(29)11-7-20)26(28(32)33)31-24-12-8-21(18-30)9-13-24/h6-13,16-17,26,31H,3-5,14-15H2,1-2H3,(H,32,33). The molecule has 0 heterocycles. The quantitative estimate of drug-likeness (QED) is 0.363. The Morgan fingerprint density at radius 3 is 2.35 bits per heavy atom. The molecule has 5 nitrogen and oxygen atoms in total. The second-order valence-electron chi connectivity index (χ2n) is 8.11. The predicted octanol–water partition coefficient (Wildman–Crippen LogP) is 6.07. The lowest BCUT2D eigenvalue weighted by Gasteiger charge is -2.23. The molecule has 3 aromatic carbocycles. The molecule has 0 aliphatic carbocycles. The summed E-state index contributed by atoms with van der Waals surface area (Å²) in [5.41, 5.74) is 4.62. The van der Waals surface area contributed by atoms with Crippen molar-refractivity contribution in [3.63, 3.8) is 0 Å². The molecule has 0 bridgehead atoms. The fourth-order valence-electron chi connectivity index (χ4n) is 3.83. The van der Waals surface area contributed by atoms with E-state index in [0.29, 0.717) is 35.6 Å². The summed E-state index contributed by atoms with van der Waals surface area (Å²) in [6.07, 6.45) is 2.99. The van der Waals surface area contributed by atoms with Crippen LogP contribution in [0.15, 0.2) is 60.7 Å². The van der Waals surface area contributed by atoms with Crippen molar-refractivity contribution in [2.24, 2.45) is 0 Å². The molecule has 0 aromatic heterocycles. The molecule has 0 spiro atoms. The highest BCUT2D eigenvalue weighted by Crippen LogP contribution is 2.34. The fraction of sp³-hybridized carbons (Fsp3) is 0.286. The number of ether oxygens (including phenoxy) is 1. The van der Waals surface area contributed by atoms with E-state index in [1.807, 2.05) is 13.0 Å². The van der Waals surface area contributed by atoms with Crippen molar-refractivity contribution in [1.82, 2.24) is 0 Å². The van der Waals surface area contributed by atoms with Gasteiger partial charge < -0.3 is 15.2 Å². The molecule has 0 radical (unpaired) electrons. The van der Waals surface area contributed by atoms with Crippen LogP contribution in [0.2, 0.25) is 0 Å². The molecule has 0 aliphatic heterocycles. The Labute approximate surface area is 199 Å². The molecule has 6 heteroatoms. The minimum atomic E-state index is -1.03. The average molecular weight is 461 g/mol. The zero-order valence-electron chi connectivity index (χ0n) is 19.5. The normalized spacial score (nSPS) is 11.5. The number of aryl methyl sites for hydroxylation is 2. The summed E-state index contributed by atoms with van der Waals surface area (Å²) in [4.78, 5) is 12.4. The highest BCUT2D eigenvalue weighted by Gasteiger charge is 2.26. The zero-order chi connectivity index (χ0) is 24.5. The molecular formula is C28H29FN2O3. The number of carboxylic acid groups (broad SMARTS) is 1. The van der Waals surface area contributed by atoms with Gasteiger partial charge in [0, 0.05) is 17.7 Å². The number of nitrogens with one attached hydrogen (secondary N) is 1. The number of carboxylic acids is 1. The zero-order valence-corrected chi connectivity index (χ0v) is 19.5. The largest absolute Gasteiger partial charge is 0.493 e. The number of anilines is 1.